The summed E-state index contributed by atoms with van der Waals surface area (Å²) in [5, 5.41) is 23.7. The second-order valence-corrected chi connectivity index (χ2v) is 7.96. The van der Waals surface area contributed by atoms with Crippen LogP contribution in [0.4, 0.5) is 5.82 Å². The molecule has 3 aromatic heterocycles. The quantitative estimate of drug-likeness (QED) is 0.544. The van der Waals surface area contributed by atoms with E-state index in [0.717, 1.165) is 59.1 Å². The van der Waals surface area contributed by atoms with Crippen LogP contribution in [0.1, 0.15) is 37.7 Å². The molecule has 7 nitrogen and oxygen atoms in total. The fourth-order valence-corrected chi connectivity index (χ4v) is 4.10. The van der Waals surface area contributed by atoms with Crippen molar-refractivity contribution in [2.24, 2.45) is 0 Å². The van der Waals surface area contributed by atoms with E-state index < -0.39 is 5.60 Å². The molecule has 0 bridgehead atoms. The van der Waals surface area contributed by atoms with Crippen LogP contribution in [0.15, 0.2) is 48.7 Å². The van der Waals surface area contributed by atoms with Crippen molar-refractivity contribution in [2.75, 3.05) is 11.9 Å². The summed E-state index contributed by atoms with van der Waals surface area (Å²) in [6.45, 7) is 1.10. The molecule has 1 aliphatic rings. The van der Waals surface area contributed by atoms with Gasteiger partial charge < -0.3 is 10.4 Å². The zero-order valence-electron chi connectivity index (χ0n) is 16.3. The summed E-state index contributed by atoms with van der Waals surface area (Å²) in [5.74, 6) is 0.739. The maximum atomic E-state index is 10.7. The van der Waals surface area contributed by atoms with E-state index in [2.05, 4.69) is 38.8 Å². The van der Waals surface area contributed by atoms with Gasteiger partial charge in [0, 0.05) is 18.1 Å². The molecule has 0 saturated heterocycles. The summed E-state index contributed by atoms with van der Waals surface area (Å²) in [6, 6.07) is 14.0. The van der Waals surface area contributed by atoms with E-state index in [1.807, 2.05) is 28.9 Å². The SMILES string of the molecule is OC1(CNc2ccc3nnn(Cc4ccc5ncccc5c4)c3n2)CCCCC1. The fraction of sp³-hybridized carbons (Fsp3) is 0.364. The van der Waals surface area contributed by atoms with Crippen LogP contribution in [0.2, 0.25) is 0 Å². The zero-order chi connectivity index (χ0) is 19.7. The maximum Gasteiger partial charge on any atom is 0.180 e. The van der Waals surface area contributed by atoms with Gasteiger partial charge in [-0.3, -0.25) is 4.98 Å². The number of anilines is 1. The van der Waals surface area contributed by atoms with E-state index in [9.17, 15) is 5.11 Å². The third-order valence-corrected chi connectivity index (χ3v) is 5.74. The first kappa shape index (κ1) is 18.0. The van der Waals surface area contributed by atoms with Crippen LogP contribution in [0.25, 0.3) is 22.1 Å². The van der Waals surface area contributed by atoms with Gasteiger partial charge >= 0.3 is 0 Å². The van der Waals surface area contributed by atoms with E-state index >= 15 is 0 Å². The molecule has 4 aromatic rings. The minimum absolute atomic E-state index is 0.519. The molecule has 1 fully saturated rings. The molecular formula is C22H24N6O. The Bertz CT molecular complexity index is 1150. The predicted octanol–water partition coefficient (Wildman–Crippen LogP) is 3.53. The number of rotatable bonds is 5. The molecule has 1 aromatic carbocycles. The molecule has 5 rings (SSSR count). The van der Waals surface area contributed by atoms with E-state index in [1.54, 1.807) is 6.20 Å². The fourth-order valence-electron chi connectivity index (χ4n) is 4.10. The van der Waals surface area contributed by atoms with Crippen LogP contribution in [0.5, 0.6) is 0 Å². The molecule has 0 unspecified atom stereocenters. The van der Waals surface area contributed by atoms with Crippen molar-refractivity contribution in [1.82, 2.24) is 25.0 Å². The van der Waals surface area contributed by atoms with E-state index in [0.29, 0.717) is 13.1 Å². The molecule has 148 valence electrons. The number of hydrogen-bond acceptors (Lipinski definition) is 6. The number of nitrogens with zero attached hydrogens (tertiary/aromatic N) is 5. The molecule has 3 heterocycles. The minimum Gasteiger partial charge on any atom is -0.388 e. The summed E-state index contributed by atoms with van der Waals surface area (Å²) in [4.78, 5) is 9.08. The first-order valence-electron chi connectivity index (χ1n) is 10.2. The molecule has 29 heavy (non-hydrogen) atoms. The Morgan fingerprint density at radius 2 is 1.90 bits per heavy atom. The number of fused-ring (bicyclic) bond motifs is 2. The molecule has 0 radical (unpaired) electrons. The van der Waals surface area contributed by atoms with Gasteiger partial charge in [-0.2, -0.15) is 0 Å². The normalized spacial score (nSPS) is 16.3. The van der Waals surface area contributed by atoms with Crippen molar-refractivity contribution in [2.45, 2.75) is 44.2 Å². The summed E-state index contributed by atoms with van der Waals surface area (Å²) >= 11 is 0. The van der Waals surface area contributed by atoms with Gasteiger partial charge in [-0.15, -0.1) is 5.10 Å². The second kappa shape index (κ2) is 7.40. The zero-order valence-corrected chi connectivity index (χ0v) is 16.3. The van der Waals surface area contributed by atoms with Gasteiger partial charge in [-0.05, 0) is 48.7 Å². The lowest BCUT2D eigenvalue weighted by Crippen LogP contribution is -2.38. The molecular weight excluding hydrogens is 364 g/mol. The Balaban J connectivity index is 1.37. The lowest BCUT2D eigenvalue weighted by Gasteiger charge is -2.32. The highest BCUT2D eigenvalue weighted by Gasteiger charge is 2.28. The van der Waals surface area contributed by atoms with Gasteiger partial charge in [0.15, 0.2) is 5.65 Å². The van der Waals surface area contributed by atoms with Crippen molar-refractivity contribution in [3.8, 4) is 0 Å². The Kier molecular flexibility index (Phi) is 4.60. The maximum absolute atomic E-state index is 10.7. The standard InChI is InChI=1S/C22H24N6O/c29-22(10-2-1-3-11-22)15-24-20-9-8-19-21(25-20)28(27-26-19)14-16-6-7-18-17(13-16)5-4-12-23-18/h4-9,12-13,29H,1-3,10-11,14-15H2,(H,24,25). The van der Waals surface area contributed by atoms with Gasteiger partial charge in [-0.1, -0.05) is 36.6 Å². The third kappa shape index (κ3) is 3.78. The summed E-state index contributed by atoms with van der Waals surface area (Å²) in [7, 11) is 0. The topological polar surface area (TPSA) is 88.8 Å². The van der Waals surface area contributed by atoms with Crippen molar-refractivity contribution in [3.63, 3.8) is 0 Å². The van der Waals surface area contributed by atoms with Gasteiger partial charge in [0.05, 0.1) is 17.7 Å². The smallest absolute Gasteiger partial charge is 0.180 e. The highest BCUT2D eigenvalue weighted by molar-refractivity contribution is 5.79. The first-order valence-corrected chi connectivity index (χ1v) is 10.2. The number of aromatic nitrogens is 5. The summed E-state index contributed by atoms with van der Waals surface area (Å²) in [6.07, 6.45) is 6.87. The van der Waals surface area contributed by atoms with E-state index in [4.69, 9.17) is 4.98 Å². The van der Waals surface area contributed by atoms with Gasteiger partial charge in [0.2, 0.25) is 0 Å². The average Bonchev–Trinajstić information content (AvgIpc) is 3.15. The van der Waals surface area contributed by atoms with E-state index in [-0.39, 0.29) is 0 Å². The van der Waals surface area contributed by atoms with Crippen molar-refractivity contribution < 1.29 is 5.11 Å². The second-order valence-electron chi connectivity index (χ2n) is 7.96. The number of aliphatic hydroxyl groups is 1. The number of hydrogen-bond donors (Lipinski definition) is 2. The largest absolute Gasteiger partial charge is 0.388 e. The molecule has 0 amide bonds. The highest BCUT2D eigenvalue weighted by Crippen LogP contribution is 2.28. The molecule has 2 N–H and O–H groups in total. The molecule has 1 saturated carbocycles. The van der Waals surface area contributed by atoms with Crippen LogP contribution >= 0.6 is 0 Å². The summed E-state index contributed by atoms with van der Waals surface area (Å²) < 4.78 is 1.81. The molecule has 1 aliphatic carbocycles. The van der Waals surface area contributed by atoms with Crippen LogP contribution < -0.4 is 5.32 Å². The average molecular weight is 388 g/mol. The van der Waals surface area contributed by atoms with Crippen LogP contribution in [0.3, 0.4) is 0 Å². The van der Waals surface area contributed by atoms with Crippen molar-refractivity contribution in [1.29, 1.82) is 0 Å². The lowest BCUT2D eigenvalue weighted by molar-refractivity contribution is 0.0166. The molecule has 7 heteroatoms. The molecule has 0 spiro atoms. The Morgan fingerprint density at radius 3 is 2.79 bits per heavy atom. The highest BCUT2D eigenvalue weighted by atomic mass is 16.3. The first-order chi connectivity index (χ1) is 14.2. The van der Waals surface area contributed by atoms with Crippen LogP contribution in [0, 0.1) is 0 Å². The number of benzene rings is 1. The summed E-state index contributed by atoms with van der Waals surface area (Å²) in [5.41, 5.74) is 2.96. The van der Waals surface area contributed by atoms with Crippen molar-refractivity contribution in [3.05, 3.63) is 54.2 Å². The number of pyridine rings is 2. The molecule has 0 aliphatic heterocycles. The Hall–Kier alpha value is -3.06. The Labute approximate surface area is 168 Å². The lowest BCUT2D eigenvalue weighted by atomic mass is 9.85. The van der Waals surface area contributed by atoms with Crippen LogP contribution in [-0.2, 0) is 6.54 Å². The predicted molar refractivity (Wildman–Crippen MR) is 113 cm³/mol. The van der Waals surface area contributed by atoms with E-state index in [1.165, 1.54) is 6.42 Å². The monoisotopic (exact) mass is 388 g/mol. The Morgan fingerprint density at radius 1 is 1.03 bits per heavy atom. The van der Waals surface area contributed by atoms with Crippen LogP contribution in [-0.4, -0.2) is 42.2 Å². The molecule has 0 atom stereocenters. The minimum atomic E-state index is -0.632. The van der Waals surface area contributed by atoms with Gasteiger partial charge in [-0.25, -0.2) is 9.67 Å². The van der Waals surface area contributed by atoms with Crippen molar-refractivity contribution >= 4 is 27.9 Å². The third-order valence-electron chi connectivity index (χ3n) is 5.74. The number of nitrogens with one attached hydrogen (secondary N) is 1. The van der Waals surface area contributed by atoms with Gasteiger partial charge in [0.1, 0.15) is 11.3 Å². The van der Waals surface area contributed by atoms with Gasteiger partial charge in [0.25, 0.3) is 0 Å².